The molecule has 108 valence electrons. The lowest BCUT2D eigenvalue weighted by Crippen LogP contribution is -2.23. The van der Waals surface area contributed by atoms with Crippen LogP contribution >= 0.6 is 0 Å². The average Bonchev–Trinajstić information content (AvgIpc) is 2.95. The van der Waals surface area contributed by atoms with Crippen LogP contribution in [0.4, 0.5) is 0 Å². The van der Waals surface area contributed by atoms with E-state index in [9.17, 15) is 9.00 Å². The number of carbonyl (C=O) groups excluding carboxylic acids is 1. The molecule has 0 radical (unpaired) electrons. The zero-order valence-electron chi connectivity index (χ0n) is 12.1. The molecule has 2 rings (SSSR count). The van der Waals surface area contributed by atoms with E-state index >= 15 is 0 Å². The molecule has 0 saturated heterocycles. The molecule has 1 aromatic carbocycles. The molecular formula is C16H20O3S. The summed E-state index contributed by atoms with van der Waals surface area (Å²) in [6.45, 7) is 3.85. The van der Waals surface area contributed by atoms with Crippen molar-refractivity contribution in [2.45, 2.75) is 31.6 Å². The second kappa shape index (κ2) is 6.35. The van der Waals surface area contributed by atoms with Crippen LogP contribution in [0.15, 0.2) is 40.1 Å². The Hall–Kier alpha value is -1.42. The van der Waals surface area contributed by atoms with Gasteiger partial charge < -0.3 is 4.74 Å². The number of carbonyl (C=O) groups is 1. The van der Waals surface area contributed by atoms with Crippen molar-refractivity contribution in [1.82, 2.24) is 0 Å². The number of ether oxygens (including phenoxy) is 1. The van der Waals surface area contributed by atoms with Crippen LogP contribution in [0.3, 0.4) is 0 Å². The smallest absolute Gasteiger partial charge is 0.309 e. The molecule has 1 aliphatic carbocycles. The quantitative estimate of drug-likeness (QED) is 0.800. The van der Waals surface area contributed by atoms with Gasteiger partial charge in [-0.05, 0) is 31.9 Å². The first-order valence-electron chi connectivity index (χ1n) is 6.81. The Kier molecular flexibility index (Phi) is 4.76. The number of hydrogen-bond donors (Lipinski definition) is 0. The third-order valence-electron chi connectivity index (χ3n) is 3.81. The van der Waals surface area contributed by atoms with Gasteiger partial charge in [-0.1, -0.05) is 30.7 Å². The van der Waals surface area contributed by atoms with Gasteiger partial charge in [0.05, 0.1) is 23.8 Å². The summed E-state index contributed by atoms with van der Waals surface area (Å²) in [6, 6.07) is 7.71. The third kappa shape index (κ3) is 3.01. The number of esters is 1. The molecule has 0 fully saturated rings. The van der Waals surface area contributed by atoms with E-state index in [2.05, 4.69) is 0 Å². The molecule has 0 saturated carbocycles. The van der Waals surface area contributed by atoms with Crippen molar-refractivity contribution in [3.63, 3.8) is 0 Å². The number of rotatable bonds is 4. The second-order valence-electron chi connectivity index (χ2n) is 5.18. The van der Waals surface area contributed by atoms with Gasteiger partial charge in [0, 0.05) is 15.7 Å². The zero-order chi connectivity index (χ0) is 14.7. The highest BCUT2D eigenvalue weighted by Crippen LogP contribution is 2.36. The summed E-state index contributed by atoms with van der Waals surface area (Å²) >= 11 is 0. The van der Waals surface area contributed by atoms with Gasteiger partial charge in [0.2, 0.25) is 0 Å². The van der Waals surface area contributed by atoms with Crippen molar-refractivity contribution in [3.8, 4) is 0 Å². The lowest BCUT2D eigenvalue weighted by Gasteiger charge is -2.20. The lowest BCUT2D eigenvalue weighted by atomic mass is 9.93. The molecule has 0 heterocycles. The van der Waals surface area contributed by atoms with Crippen LogP contribution < -0.4 is 0 Å². The van der Waals surface area contributed by atoms with Crippen LogP contribution in [-0.2, 0) is 20.3 Å². The normalized spacial score (nSPS) is 21.1. The van der Waals surface area contributed by atoms with Crippen LogP contribution in [0, 0.1) is 18.8 Å². The van der Waals surface area contributed by atoms with Crippen LogP contribution in [0.1, 0.15) is 25.3 Å². The van der Waals surface area contributed by atoms with E-state index in [0.717, 1.165) is 28.2 Å². The maximum absolute atomic E-state index is 12.7. The average molecular weight is 292 g/mol. The van der Waals surface area contributed by atoms with Gasteiger partial charge >= 0.3 is 5.97 Å². The minimum Gasteiger partial charge on any atom is -0.469 e. The van der Waals surface area contributed by atoms with Crippen molar-refractivity contribution in [1.29, 1.82) is 0 Å². The van der Waals surface area contributed by atoms with Crippen molar-refractivity contribution < 1.29 is 13.7 Å². The number of allylic oxidation sites excluding steroid dienone is 2. The Labute approximate surface area is 122 Å². The Balaban J connectivity index is 2.20. The van der Waals surface area contributed by atoms with Crippen LogP contribution in [0.5, 0.6) is 0 Å². The largest absolute Gasteiger partial charge is 0.469 e. The van der Waals surface area contributed by atoms with Crippen molar-refractivity contribution in [2.24, 2.45) is 11.8 Å². The summed E-state index contributed by atoms with van der Waals surface area (Å²) in [4.78, 5) is 13.4. The first-order valence-corrected chi connectivity index (χ1v) is 7.96. The van der Waals surface area contributed by atoms with Crippen LogP contribution in [0.2, 0.25) is 0 Å². The van der Waals surface area contributed by atoms with E-state index < -0.39 is 10.8 Å². The molecule has 3 atom stereocenters. The van der Waals surface area contributed by atoms with Gasteiger partial charge in [-0.15, -0.1) is 0 Å². The SMILES string of the molecule is COC(=O)[C@H](C)[C@H]1CCC=C1[S@@](=O)c1ccc(C)cc1. The van der Waals surface area contributed by atoms with Crippen molar-refractivity contribution in [3.05, 3.63) is 40.8 Å². The summed E-state index contributed by atoms with van der Waals surface area (Å²) in [7, 11) is 0.214. The van der Waals surface area contributed by atoms with Gasteiger partial charge in [0.1, 0.15) is 0 Å². The molecule has 3 nitrogen and oxygen atoms in total. The summed E-state index contributed by atoms with van der Waals surface area (Å²) in [5.74, 6) is -0.462. The van der Waals surface area contributed by atoms with Crippen LogP contribution in [-0.4, -0.2) is 17.3 Å². The molecule has 0 amide bonds. The topological polar surface area (TPSA) is 43.4 Å². The van der Waals surface area contributed by atoms with Gasteiger partial charge in [-0.2, -0.15) is 0 Å². The lowest BCUT2D eigenvalue weighted by molar-refractivity contribution is -0.146. The summed E-state index contributed by atoms with van der Waals surface area (Å²) in [5, 5.41) is 0. The Bertz CT molecular complexity index is 545. The van der Waals surface area contributed by atoms with E-state index in [-0.39, 0.29) is 17.8 Å². The summed E-state index contributed by atoms with van der Waals surface area (Å²) in [5.41, 5.74) is 1.14. The van der Waals surface area contributed by atoms with E-state index in [4.69, 9.17) is 4.74 Å². The van der Waals surface area contributed by atoms with Gasteiger partial charge in [-0.3, -0.25) is 4.79 Å². The standard InChI is InChI=1S/C16H20O3S/c1-11-7-9-13(10-8-11)20(18)15-6-4-5-14(15)12(2)16(17)19-3/h6-10,12,14H,4-5H2,1-3H3/t12-,14-,20+/m1/s1. The number of benzene rings is 1. The van der Waals surface area contributed by atoms with Crippen molar-refractivity contribution in [2.75, 3.05) is 7.11 Å². The van der Waals surface area contributed by atoms with E-state index in [1.807, 2.05) is 44.2 Å². The van der Waals surface area contributed by atoms with Crippen LogP contribution in [0.25, 0.3) is 0 Å². The van der Waals surface area contributed by atoms with E-state index in [1.165, 1.54) is 7.11 Å². The molecule has 20 heavy (non-hydrogen) atoms. The molecule has 1 aliphatic rings. The van der Waals surface area contributed by atoms with Gasteiger partial charge in [-0.25, -0.2) is 4.21 Å². The molecule has 0 bridgehead atoms. The first kappa shape index (κ1) is 15.0. The number of hydrogen-bond acceptors (Lipinski definition) is 3. The first-order chi connectivity index (χ1) is 9.54. The molecule has 0 aliphatic heterocycles. The molecule has 0 N–H and O–H groups in total. The van der Waals surface area contributed by atoms with E-state index in [1.54, 1.807) is 0 Å². The molecule has 0 aromatic heterocycles. The maximum Gasteiger partial charge on any atom is 0.309 e. The Morgan fingerprint density at radius 2 is 2.00 bits per heavy atom. The Morgan fingerprint density at radius 3 is 2.60 bits per heavy atom. The highest BCUT2D eigenvalue weighted by atomic mass is 32.2. The van der Waals surface area contributed by atoms with Gasteiger partial charge in [0.25, 0.3) is 0 Å². The molecule has 0 unspecified atom stereocenters. The Morgan fingerprint density at radius 1 is 1.35 bits per heavy atom. The van der Waals surface area contributed by atoms with Gasteiger partial charge in [0.15, 0.2) is 0 Å². The predicted octanol–water partition coefficient (Wildman–Crippen LogP) is 3.21. The predicted molar refractivity (Wildman–Crippen MR) is 79.6 cm³/mol. The molecule has 1 aromatic rings. The molecule has 4 heteroatoms. The number of methoxy groups -OCH3 is 1. The zero-order valence-corrected chi connectivity index (χ0v) is 12.9. The summed E-state index contributed by atoms with van der Waals surface area (Å²) < 4.78 is 17.5. The fraction of sp³-hybridized carbons (Fsp3) is 0.438. The minimum atomic E-state index is -1.18. The fourth-order valence-electron chi connectivity index (χ4n) is 2.56. The maximum atomic E-state index is 12.7. The van der Waals surface area contributed by atoms with E-state index in [0.29, 0.717) is 0 Å². The van der Waals surface area contributed by atoms with Crippen molar-refractivity contribution >= 4 is 16.8 Å². The highest BCUT2D eigenvalue weighted by molar-refractivity contribution is 7.89. The molecular weight excluding hydrogens is 272 g/mol. The second-order valence-corrected chi connectivity index (χ2v) is 6.66. The molecule has 0 spiro atoms. The number of aryl methyl sites for hydroxylation is 1. The third-order valence-corrected chi connectivity index (χ3v) is 5.41. The summed E-state index contributed by atoms with van der Waals surface area (Å²) in [6.07, 6.45) is 3.75. The fourth-order valence-corrected chi connectivity index (χ4v) is 4.08. The monoisotopic (exact) mass is 292 g/mol. The minimum absolute atomic E-state index is 0.0181. The highest BCUT2D eigenvalue weighted by Gasteiger charge is 2.33.